The highest BCUT2D eigenvalue weighted by Gasteiger charge is 2.20. The number of benzene rings is 2. The molecule has 0 atom stereocenters. The Hall–Kier alpha value is -2.13. The molecule has 1 amide bonds. The van der Waals surface area contributed by atoms with Gasteiger partial charge in [-0.3, -0.25) is 4.79 Å². The quantitative estimate of drug-likeness (QED) is 0.938. The molecule has 3 heteroatoms. The van der Waals surface area contributed by atoms with Gasteiger partial charge in [0.05, 0.1) is 5.60 Å². The van der Waals surface area contributed by atoms with E-state index in [1.807, 2.05) is 24.3 Å². The lowest BCUT2D eigenvalue weighted by Gasteiger charge is -2.25. The van der Waals surface area contributed by atoms with Crippen molar-refractivity contribution < 1.29 is 9.90 Å². The summed E-state index contributed by atoms with van der Waals surface area (Å²) < 4.78 is 0. The average molecular weight is 297 g/mol. The van der Waals surface area contributed by atoms with Gasteiger partial charge >= 0.3 is 0 Å². The van der Waals surface area contributed by atoms with E-state index in [2.05, 4.69) is 31.2 Å². The summed E-state index contributed by atoms with van der Waals surface area (Å²) in [5.41, 5.74) is 3.18. The number of likely N-dealkylation sites (N-methyl/N-ethyl adjacent to an activating group) is 1. The minimum atomic E-state index is -0.897. The number of carbonyl (C=O) groups is 1. The second kappa shape index (κ2) is 6.32. The Morgan fingerprint density at radius 3 is 1.91 bits per heavy atom. The van der Waals surface area contributed by atoms with Crippen LogP contribution in [0.3, 0.4) is 0 Å². The molecule has 0 saturated heterocycles. The molecule has 2 aromatic rings. The minimum Gasteiger partial charge on any atom is -0.389 e. The topological polar surface area (TPSA) is 40.5 Å². The maximum atomic E-state index is 12.3. The van der Waals surface area contributed by atoms with Crippen LogP contribution in [0.25, 0.3) is 11.1 Å². The van der Waals surface area contributed by atoms with Gasteiger partial charge in [0.2, 0.25) is 0 Å². The Kier molecular flexibility index (Phi) is 4.67. The molecule has 0 radical (unpaired) electrons. The molecule has 0 heterocycles. The summed E-state index contributed by atoms with van der Waals surface area (Å²) in [6, 6.07) is 15.9. The summed E-state index contributed by atoms with van der Waals surface area (Å²) in [5, 5.41) is 9.81. The summed E-state index contributed by atoms with van der Waals surface area (Å²) in [5.74, 6) is -0.0856. The predicted molar refractivity (Wildman–Crippen MR) is 89.9 cm³/mol. The molecule has 2 aromatic carbocycles. The van der Waals surface area contributed by atoms with Crippen LogP contribution in [0.4, 0.5) is 0 Å². The predicted octanol–water partition coefficient (Wildman–Crippen LogP) is 3.50. The number of aliphatic hydroxyl groups is 1. The van der Waals surface area contributed by atoms with E-state index in [1.165, 1.54) is 5.56 Å². The molecule has 0 aliphatic rings. The molecule has 22 heavy (non-hydrogen) atoms. The molecular formula is C19H23NO2. The van der Waals surface area contributed by atoms with Crippen LogP contribution in [0.1, 0.15) is 29.8 Å². The Morgan fingerprint density at radius 1 is 1.00 bits per heavy atom. The normalized spacial score (nSPS) is 11.3. The van der Waals surface area contributed by atoms with Crippen molar-refractivity contribution in [1.82, 2.24) is 4.90 Å². The van der Waals surface area contributed by atoms with Gasteiger partial charge in [0.15, 0.2) is 0 Å². The Bertz CT molecular complexity index is 637. The largest absolute Gasteiger partial charge is 0.389 e. The molecule has 3 nitrogen and oxygen atoms in total. The molecule has 2 rings (SSSR count). The van der Waals surface area contributed by atoms with Crippen LogP contribution in [-0.4, -0.2) is 35.1 Å². The van der Waals surface area contributed by atoms with E-state index in [9.17, 15) is 9.90 Å². The van der Waals surface area contributed by atoms with Crippen LogP contribution >= 0.6 is 0 Å². The van der Waals surface area contributed by atoms with Crippen molar-refractivity contribution in [1.29, 1.82) is 0 Å². The van der Waals surface area contributed by atoms with Crippen molar-refractivity contribution in [3.63, 3.8) is 0 Å². The fraction of sp³-hybridized carbons (Fsp3) is 0.316. The second-order valence-corrected chi connectivity index (χ2v) is 6.42. The van der Waals surface area contributed by atoms with Gasteiger partial charge in [0.1, 0.15) is 0 Å². The van der Waals surface area contributed by atoms with E-state index in [0.717, 1.165) is 11.1 Å². The van der Waals surface area contributed by atoms with Crippen LogP contribution in [-0.2, 0) is 0 Å². The molecule has 0 aromatic heterocycles. The van der Waals surface area contributed by atoms with Crippen LogP contribution in [0, 0.1) is 6.92 Å². The van der Waals surface area contributed by atoms with Gasteiger partial charge in [-0.2, -0.15) is 0 Å². The first-order chi connectivity index (χ1) is 10.3. The number of hydrogen-bond donors (Lipinski definition) is 1. The van der Waals surface area contributed by atoms with Crippen LogP contribution in [0.2, 0.25) is 0 Å². The first-order valence-corrected chi connectivity index (χ1v) is 7.41. The molecule has 0 fully saturated rings. The maximum absolute atomic E-state index is 12.3. The van der Waals surface area contributed by atoms with Gasteiger partial charge in [-0.05, 0) is 44.0 Å². The summed E-state index contributed by atoms with van der Waals surface area (Å²) >= 11 is 0. The first-order valence-electron chi connectivity index (χ1n) is 7.41. The zero-order valence-corrected chi connectivity index (χ0v) is 13.6. The van der Waals surface area contributed by atoms with Crippen molar-refractivity contribution in [2.75, 3.05) is 13.6 Å². The third-order valence-corrected chi connectivity index (χ3v) is 3.49. The molecular weight excluding hydrogens is 274 g/mol. The first kappa shape index (κ1) is 16.2. The Labute approximate surface area is 132 Å². The monoisotopic (exact) mass is 297 g/mol. The minimum absolute atomic E-state index is 0.0856. The van der Waals surface area contributed by atoms with Gasteiger partial charge in [0.25, 0.3) is 5.91 Å². The fourth-order valence-corrected chi connectivity index (χ4v) is 2.42. The van der Waals surface area contributed by atoms with Crippen LogP contribution < -0.4 is 0 Å². The van der Waals surface area contributed by atoms with E-state index in [1.54, 1.807) is 25.8 Å². The standard InChI is InChI=1S/C19H23NO2/c1-14-5-7-15(8-6-14)16-9-11-17(12-10-16)18(21)20(4)13-19(2,3)22/h5-12,22H,13H2,1-4H3. The summed E-state index contributed by atoms with van der Waals surface area (Å²) in [6.45, 7) is 5.74. The number of hydrogen-bond acceptors (Lipinski definition) is 2. The van der Waals surface area contributed by atoms with Crippen molar-refractivity contribution in [3.05, 3.63) is 59.7 Å². The number of aryl methyl sites for hydroxylation is 1. The zero-order valence-electron chi connectivity index (χ0n) is 13.6. The summed E-state index contributed by atoms with van der Waals surface area (Å²) in [6.07, 6.45) is 0. The number of amides is 1. The van der Waals surface area contributed by atoms with Gasteiger partial charge in [-0.15, -0.1) is 0 Å². The molecule has 0 aliphatic heterocycles. The molecule has 0 bridgehead atoms. The zero-order chi connectivity index (χ0) is 16.3. The average Bonchev–Trinajstić information content (AvgIpc) is 2.46. The van der Waals surface area contributed by atoms with Gasteiger partial charge < -0.3 is 10.0 Å². The van der Waals surface area contributed by atoms with Crippen LogP contribution in [0.15, 0.2) is 48.5 Å². The van der Waals surface area contributed by atoms with Gasteiger partial charge in [0, 0.05) is 19.2 Å². The van der Waals surface area contributed by atoms with Crippen LogP contribution in [0.5, 0.6) is 0 Å². The highest BCUT2D eigenvalue weighted by atomic mass is 16.3. The summed E-state index contributed by atoms with van der Waals surface area (Å²) in [7, 11) is 1.70. The van der Waals surface area contributed by atoms with Crippen molar-refractivity contribution in [2.45, 2.75) is 26.4 Å². The number of carbonyl (C=O) groups excluding carboxylic acids is 1. The Balaban J connectivity index is 2.14. The van der Waals surface area contributed by atoms with Crippen molar-refractivity contribution in [2.24, 2.45) is 0 Å². The molecule has 0 unspecified atom stereocenters. The fourth-order valence-electron chi connectivity index (χ4n) is 2.42. The lowest BCUT2D eigenvalue weighted by molar-refractivity contribution is 0.0368. The van der Waals surface area contributed by atoms with E-state index in [-0.39, 0.29) is 5.91 Å². The third-order valence-electron chi connectivity index (χ3n) is 3.49. The van der Waals surface area contributed by atoms with E-state index in [0.29, 0.717) is 12.1 Å². The van der Waals surface area contributed by atoms with Gasteiger partial charge in [-0.1, -0.05) is 42.0 Å². The lowest BCUT2D eigenvalue weighted by Crippen LogP contribution is -2.39. The third kappa shape index (κ3) is 4.18. The van der Waals surface area contributed by atoms with E-state index < -0.39 is 5.60 Å². The number of nitrogens with zero attached hydrogens (tertiary/aromatic N) is 1. The van der Waals surface area contributed by atoms with E-state index in [4.69, 9.17) is 0 Å². The maximum Gasteiger partial charge on any atom is 0.253 e. The van der Waals surface area contributed by atoms with Gasteiger partial charge in [-0.25, -0.2) is 0 Å². The highest BCUT2D eigenvalue weighted by molar-refractivity contribution is 5.94. The second-order valence-electron chi connectivity index (χ2n) is 6.42. The smallest absolute Gasteiger partial charge is 0.253 e. The SMILES string of the molecule is Cc1ccc(-c2ccc(C(=O)N(C)CC(C)(C)O)cc2)cc1. The lowest BCUT2D eigenvalue weighted by atomic mass is 10.0. The molecule has 0 aliphatic carbocycles. The van der Waals surface area contributed by atoms with Crippen molar-refractivity contribution in [3.8, 4) is 11.1 Å². The van der Waals surface area contributed by atoms with Crippen molar-refractivity contribution >= 4 is 5.91 Å². The Morgan fingerprint density at radius 2 is 1.45 bits per heavy atom. The molecule has 0 spiro atoms. The summed E-state index contributed by atoms with van der Waals surface area (Å²) in [4.78, 5) is 13.9. The number of rotatable bonds is 4. The molecule has 0 saturated carbocycles. The highest BCUT2D eigenvalue weighted by Crippen LogP contribution is 2.21. The van der Waals surface area contributed by atoms with E-state index >= 15 is 0 Å². The molecule has 1 N–H and O–H groups in total. The molecule has 116 valence electrons.